The highest BCUT2D eigenvalue weighted by atomic mass is 79.9. The van der Waals surface area contributed by atoms with Crippen molar-refractivity contribution >= 4 is 27.8 Å². The molecule has 0 saturated carbocycles. The second-order valence-electron chi connectivity index (χ2n) is 5.37. The summed E-state index contributed by atoms with van der Waals surface area (Å²) in [5.41, 5.74) is 0.643. The summed E-state index contributed by atoms with van der Waals surface area (Å²) in [4.78, 5) is 16.5. The Morgan fingerprint density at radius 1 is 1.08 bits per heavy atom. The smallest absolute Gasteiger partial charge is 0.251 e. The van der Waals surface area contributed by atoms with Crippen molar-refractivity contribution in [2.75, 3.05) is 26.2 Å². The van der Waals surface area contributed by atoms with Crippen LogP contribution in [-0.4, -0.2) is 42.6 Å². The lowest BCUT2D eigenvalue weighted by Crippen LogP contribution is -2.39. The molecule has 0 bridgehead atoms. The average Bonchev–Trinajstić information content (AvgIpc) is 3.12. The topological polar surface area (TPSA) is 70.4 Å². The monoisotopic (exact) mass is 405 g/mol. The molecule has 7 heteroatoms. The van der Waals surface area contributed by atoms with E-state index in [2.05, 4.69) is 41.4 Å². The van der Waals surface area contributed by atoms with Gasteiger partial charge in [0.2, 0.25) is 0 Å². The highest BCUT2D eigenvalue weighted by Gasteiger charge is 2.04. The van der Waals surface area contributed by atoms with E-state index in [0.29, 0.717) is 18.7 Å². The van der Waals surface area contributed by atoms with Gasteiger partial charge in [-0.15, -0.1) is 0 Å². The van der Waals surface area contributed by atoms with E-state index < -0.39 is 0 Å². The first-order valence-electron chi connectivity index (χ1n) is 8.35. The number of carbonyl (C=O) groups is 1. The van der Waals surface area contributed by atoms with Crippen molar-refractivity contribution in [1.82, 2.24) is 20.5 Å². The van der Waals surface area contributed by atoms with Gasteiger partial charge in [-0.05, 0) is 43.3 Å². The maximum atomic E-state index is 12.0. The number of benzene rings is 1. The lowest BCUT2D eigenvalue weighted by atomic mass is 10.2. The first kappa shape index (κ1) is 19.1. The van der Waals surface area contributed by atoms with Gasteiger partial charge in [0.15, 0.2) is 5.96 Å². The van der Waals surface area contributed by atoms with Gasteiger partial charge in [0.25, 0.3) is 5.91 Å². The van der Waals surface area contributed by atoms with Crippen molar-refractivity contribution in [3.8, 4) is 0 Å². The third kappa shape index (κ3) is 7.01. The summed E-state index contributed by atoms with van der Waals surface area (Å²) in [6.45, 7) is 5.48. The second-order valence-corrected chi connectivity index (χ2v) is 6.29. The summed E-state index contributed by atoms with van der Waals surface area (Å²) >= 11 is 3.36. The molecule has 3 N–H and O–H groups in total. The summed E-state index contributed by atoms with van der Waals surface area (Å²) in [7, 11) is 0. The molecular weight excluding hydrogens is 382 g/mol. The molecule has 2 rings (SSSR count). The van der Waals surface area contributed by atoms with Gasteiger partial charge in [0, 0.05) is 48.6 Å². The van der Waals surface area contributed by atoms with Crippen LogP contribution in [0.3, 0.4) is 0 Å². The summed E-state index contributed by atoms with van der Waals surface area (Å²) in [5.74, 6) is 0.667. The lowest BCUT2D eigenvalue weighted by Gasteiger charge is -2.12. The number of halogens is 1. The fraction of sp³-hybridized carbons (Fsp3) is 0.333. The van der Waals surface area contributed by atoms with E-state index in [0.717, 1.165) is 30.1 Å². The molecule has 2 aromatic rings. The maximum absolute atomic E-state index is 12.0. The Kier molecular flexibility index (Phi) is 8.04. The van der Waals surface area contributed by atoms with E-state index in [4.69, 9.17) is 0 Å². The van der Waals surface area contributed by atoms with Crippen molar-refractivity contribution < 1.29 is 4.79 Å². The van der Waals surface area contributed by atoms with Crippen LogP contribution < -0.4 is 16.0 Å². The lowest BCUT2D eigenvalue weighted by molar-refractivity contribution is 0.0955. The molecule has 0 atom stereocenters. The molecule has 0 radical (unpaired) electrons. The van der Waals surface area contributed by atoms with Gasteiger partial charge < -0.3 is 20.5 Å². The largest absolute Gasteiger partial charge is 0.357 e. The van der Waals surface area contributed by atoms with E-state index in [1.54, 1.807) is 12.1 Å². The van der Waals surface area contributed by atoms with Crippen molar-refractivity contribution in [2.45, 2.75) is 13.5 Å². The SMILES string of the molecule is CCNC(=NCCNC(=O)c1ccc(Br)cc1)NCCn1cccc1. The number of nitrogens with one attached hydrogen (secondary N) is 3. The highest BCUT2D eigenvalue weighted by Crippen LogP contribution is 2.10. The molecule has 25 heavy (non-hydrogen) atoms. The summed E-state index contributed by atoms with van der Waals surface area (Å²) in [5, 5.41) is 9.36. The zero-order valence-electron chi connectivity index (χ0n) is 14.3. The number of amides is 1. The van der Waals surface area contributed by atoms with Gasteiger partial charge in [-0.1, -0.05) is 15.9 Å². The fourth-order valence-electron chi connectivity index (χ4n) is 2.20. The zero-order chi connectivity index (χ0) is 17.9. The molecule has 0 aliphatic rings. The predicted octanol–water partition coefficient (Wildman–Crippen LogP) is 2.24. The molecule has 0 spiro atoms. The number of hydrogen-bond donors (Lipinski definition) is 3. The number of aliphatic imine (C=N–C) groups is 1. The Morgan fingerprint density at radius 3 is 2.48 bits per heavy atom. The Hall–Kier alpha value is -2.28. The molecule has 0 aliphatic heterocycles. The fourth-order valence-corrected chi connectivity index (χ4v) is 2.47. The minimum absolute atomic E-state index is 0.0896. The second kappa shape index (κ2) is 10.6. The van der Waals surface area contributed by atoms with E-state index in [1.807, 2.05) is 43.6 Å². The van der Waals surface area contributed by atoms with Crippen LogP contribution >= 0.6 is 15.9 Å². The van der Waals surface area contributed by atoms with Crippen molar-refractivity contribution in [1.29, 1.82) is 0 Å². The minimum Gasteiger partial charge on any atom is -0.357 e. The van der Waals surface area contributed by atoms with Gasteiger partial charge in [-0.3, -0.25) is 9.79 Å². The van der Waals surface area contributed by atoms with Gasteiger partial charge in [-0.25, -0.2) is 0 Å². The molecular formula is C18H24BrN5O. The molecule has 1 heterocycles. The average molecular weight is 406 g/mol. The van der Waals surface area contributed by atoms with E-state index >= 15 is 0 Å². The molecule has 0 saturated heterocycles. The van der Waals surface area contributed by atoms with Gasteiger partial charge in [0.1, 0.15) is 0 Å². The first-order chi connectivity index (χ1) is 12.2. The number of nitrogens with zero attached hydrogens (tertiary/aromatic N) is 2. The van der Waals surface area contributed by atoms with Gasteiger partial charge in [0.05, 0.1) is 6.54 Å². The molecule has 134 valence electrons. The number of aromatic nitrogens is 1. The van der Waals surface area contributed by atoms with Crippen LogP contribution in [0.25, 0.3) is 0 Å². The Labute approximate surface area is 156 Å². The van der Waals surface area contributed by atoms with E-state index in [9.17, 15) is 4.79 Å². The normalized spacial score (nSPS) is 11.2. The predicted molar refractivity (Wildman–Crippen MR) is 105 cm³/mol. The number of carbonyl (C=O) groups excluding carboxylic acids is 1. The third-order valence-corrected chi connectivity index (χ3v) is 3.98. The molecule has 0 unspecified atom stereocenters. The van der Waals surface area contributed by atoms with E-state index in [1.165, 1.54) is 0 Å². The van der Waals surface area contributed by atoms with Crippen molar-refractivity contribution in [2.24, 2.45) is 4.99 Å². The van der Waals surface area contributed by atoms with Crippen LogP contribution in [0.1, 0.15) is 17.3 Å². The summed E-state index contributed by atoms with van der Waals surface area (Å²) < 4.78 is 3.06. The zero-order valence-corrected chi connectivity index (χ0v) is 15.9. The molecule has 1 amide bonds. The van der Waals surface area contributed by atoms with Crippen LogP contribution in [0.4, 0.5) is 0 Å². The Balaban J connectivity index is 1.72. The summed E-state index contributed by atoms with van der Waals surface area (Å²) in [6.07, 6.45) is 4.06. The molecule has 1 aromatic heterocycles. The van der Waals surface area contributed by atoms with Crippen LogP contribution in [0, 0.1) is 0 Å². The molecule has 6 nitrogen and oxygen atoms in total. The van der Waals surface area contributed by atoms with Crippen LogP contribution in [0.5, 0.6) is 0 Å². The van der Waals surface area contributed by atoms with Gasteiger partial charge in [-0.2, -0.15) is 0 Å². The van der Waals surface area contributed by atoms with Gasteiger partial charge >= 0.3 is 0 Å². The molecule has 1 aromatic carbocycles. The summed E-state index contributed by atoms with van der Waals surface area (Å²) in [6, 6.07) is 11.3. The van der Waals surface area contributed by atoms with Crippen LogP contribution in [-0.2, 0) is 6.54 Å². The third-order valence-electron chi connectivity index (χ3n) is 3.45. The van der Waals surface area contributed by atoms with Crippen molar-refractivity contribution in [3.05, 3.63) is 58.8 Å². The van der Waals surface area contributed by atoms with Crippen molar-refractivity contribution in [3.63, 3.8) is 0 Å². The highest BCUT2D eigenvalue weighted by molar-refractivity contribution is 9.10. The Bertz CT molecular complexity index is 667. The number of hydrogen-bond acceptors (Lipinski definition) is 2. The van der Waals surface area contributed by atoms with E-state index in [-0.39, 0.29) is 5.91 Å². The van der Waals surface area contributed by atoms with Crippen LogP contribution in [0.15, 0.2) is 58.3 Å². The molecule has 0 aliphatic carbocycles. The quantitative estimate of drug-likeness (QED) is 0.358. The standard InChI is InChI=1S/C18H24BrN5O/c1-2-20-18(23-11-14-24-12-3-4-13-24)22-10-9-21-17(25)15-5-7-16(19)8-6-15/h3-8,12-13H,2,9-11,14H2,1H3,(H,21,25)(H2,20,22,23). The Morgan fingerprint density at radius 2 is 1.80 bits per heavy atom. The van der Waals surface area contributed by atoms with Crippen LogP contribution in [0.2, 0.25) is 0 Å². The number of rotatable bonds is 8. The minimum atomic E-state index is -0.0896. The molecule has 0 fully saturated rings. The first-order valence-corrected chi connectivity index (χ1v) is 9.15. The maximum Gasteiger partial charge on any atom is 0.251 e. The number of guanidine groups is 1.